The Morgan fingerprint density at radius 2 is 1.24 bits per heavy atom. The van der Waals surface area contributed by atoms with E-state index in [9.17, 15) is 0 Å². The van der Waals surface area contributed by atoms with Crippen molar-refractivity contribution in [2.45, 2.75) is 33.1 Å². The summed E-state index contributed by atoms with van der Waals surface area (Å²) >= 11 is 0. The van der Waals surface area contributed by atoms with Crippen LogP contribution in [0.15, 0.2) is 0 Å². The van der Waals surface area contributed by atoms with E-state index in [0.29, 0.717) is 26.4 Å². The number of rotatable bonds is 14. The Morgan fingerprint density at radius 1 is 0.647 bits per heavy atom. The quantitative estimate of drug-likeness (QED) is 0.475. The maximum absolute atomic E-state index is 5.40. The average Bonchev–Trinajstić information content (AvgIpc) is 2.35. The first-order chi connectivity index (χ1) is 8.41. The molecule has 0 aliphatic heterocycles. The molecule has 0 heterocycles. The highest BCUT2D eigenvalue weighted by Crippen LogP contribution is 1.87. The Hall–Kier alpha value is -0.160. The summed E-state index contributed by atoms with van der Waals surface area (Å²) in [6, 6.07) is 0. The van der Waals surface area contributed by atoms with Crippen molar-refractivity contribution in [3.63, 3.8) is 0 Å². The molecule has 0 spiro atoms. The molecule has 4 nitrogen and oxygen atoms in total. The first kappa shape index (κ1) is 16.8. The van der Waals surface area contributed by atoms with Crippen molar-refractivity contribution in [3.05, 3.63) is 0 Å². The molecule has 0 saturated carbocycles. The van der Waals surface area contributed by atoms with Gasteiger partial charge in [0.05, 0.1) is 33.0 Å². The van der Waals surface area contributed by atoms with Crippen LogP contribution < -0.4 is 5.32 Å². The van der Waals surface area contributed by atoms with E-state index in [-0.39, 0.29) is 0 Å². The number of nitrogens with one attached hydrogen (secondary N) is 1. The van der Waals surface area contributed by atoms with Gasteiger partial charge in [0.1, 0.15) is 0 Å². The second kappa shape index (κ2) is 15.8. The summed E-state index contributed by atoms with van der Waals surface area (Å²) in [6.45, 7) is 10.6. The predicted molar refractivity (Wildman–Crippen MR) is 70.5 cm³/mol. The zero-order valence-electron chi connectivity index (χ0n) is 11.5. The van der Waals surface area contributed by atoms with Gasteiger partial charge in [-0.1, -0.05) is 20.3 Å². The van der Waals surface area contributed by atoms with Gasteiger partial charge in [0, 0.05) is 13.2 Å². The molecule has 0 atom stereocenters. The number of unbranched alkanes of at least 4 members (excludes halogenated alkanes) is 1. The van der Waals surface area contributed by atoms with Gasteiger partial charge < -0.3 is 19.5 Å². The monoisotopic (exact) mass is 247 g/mol. The van der Waals surface area contributed by atoms with Crippen molar-refractivity contribution in [2.24, 2.45) is 0 Å². The van der Waals surface area contributed by atoms with Crippen LogP contribution in [0.5, 0.6) is 0 Å². The molecule has 0 aliphatic rings. The SMILES string of the molecule is CCCCOCCOCCOCCNCCC. The van der Waals surface area contributed by atoms with Crippen LogP contribution in [-0.2, 0) is 14.2 Å². The van der Waals surface area contributed by atoms with Crippen molar-refractivity contribution in [3.8, 4) is 0 Å². The van der Waals surface area contributed by atoms with E-state index in [1.807, 2.05) is 0 Å². The highest BCUT2D eigenvalue weighted by atomic mass is 16.5. The summed E-state index contributed by atoms with van der Waals surface area (Å²) < 4.78 is 16.1. The lowest BCUT2D eigenvalue weighted by Crippen LogP contribution is -2.21. The normalized spacial score (nSPS) is 10.9. The molecule has 104 valence electrons. The molecule has 0 aromatic carbocycles. The Kier molecular flexibility index (Phi) is 15.7. The van der Waals surface area contributed by atoms with Crippen molar-refractivity contribution in [1.29, 1.82) is 0 Å². The standard InChI is InChI=1S/C13H29NO3/c1-3-5-8-15-10-12-17-13-11-16-9-7-14-6-4-2/h14H,3-13H2,1-2H3. The van der Waals surface area contributed by atoms with Gasteiger partial charge in [0.2, 0.25) is 0 Å². The molecular formula is C13H29NO3. The van der Waals surface area contributed by atoms with Gasteiger partial charge in [0.15, 0.2) is 0 Å². The van der Waals surface area contributed by atoms with E-state index in [1.54, 1.807) is 0 Å². The maximum Gasteiger partial charge on any atom is 0.0701 e. The molecule has 0 bridgehead atoms. The number of ether oxygens (including phenoxy) is 3. The summed E-state index contributed by atoms with van der Waals surface area (Å²) in [5, 5.41) is 3.28. The second-order valence-electron chi connectivity index (χ2n) is 3.94. The van der Waals surface area contributed by atoms with E-state index in [4.69, 9.17) is 14.2 Å². The summed E-state index contributed by atoms with van der Waals surface area (Å²) in [6.07, 6.45) is 3.48. The van der Waals surface area contributed by atoms with Crippen LogP contribution in [0.2, 0.25) is 0 Å². The fourth-order valence-corrected chi connectivity index (χ4v) is 1.23. The average molecular weight is 247 g/mol. The number of hydrogen-bond acceptors (Lipinski definition) is 4. The lowest BCUT2D eigenvalue weighted by Gasteiger charge is -2.07. The second-order valence-corrected chi connectivity index (χ2v) is 3.94. The van der Waals surface area contributed by atoms with Gasteiger partial charge in [0.25, 0.3) is 0 Å². The molecule has 4 heteroatoms. The Morgan fingerprint density at radius 3 is 1.82 bits per heavy atom. The van der Waals surface area contributed by atoms with Gasteiger partial charge in [-0.2, -0.15) is 0 Å². The van der Waals surface area contributed by atoms with Crippen LogP contribution in [0.25, 0.3) is 0 Å². The zero-order chi connectivity index (χ0) is 12.6. The van der Waals surface area contributed by atoms with E-state index in [2.05, 4.69) is 19.2 Å². The fourth-order valence-electron chi connectivity index (χ4n) is 1.23. The smallest absolute Gasteiger partial charge is 0.0701 e. The summed E-state index contributed by atoms with van der Waals surface area (Å²) in [7, 11) is 0. The Bertz CT molecular complexity index is 120. The lowest BCUT2D eigenvalue weighted by molar-refractivity contribution is 0.0147. The third-order valence-electron chi connectivity index (χ3n) is 2.24. The molecule has 0 unspecified atom stereocenters. The molecule has 17 heavy (non-hydrogen) atoms. The third-order valence-corrected chi connectivity index (χ3v) is 2.24. The molecule has 0 saturated heterocycles. The molecule has 0 aromatic rings. The molecule has 0 fully saturated rings. The minimum atomic E-state index is 0.658. The van der Waals surface area contributed by atoms with E-state index in [1.165, 1.54) is 12.8 Å². The summed E-state index contributed by atoms with van der Waals surface area (Å²) in [4.78, 5) is 0. The highest BCUT2D eigenvalue weighted by Gasteiger charge is 1.91. The molecule has 1 N–H and O–H groups in total. The van der Waals surface area contributed by atoms with Crippen LogP contribution >= 0.6 is 0 Å². The minimum Gasteiger partial charge on any atom is -0.379 e. The van der Waals surface area contributed by atoms with Gasteiger partial charge in [-0.25, -0.2) is 0 Å². The van der Waals surface area contributed by atoms with Crippen molar-refractivity contribution in [1.82, 2.24) is 5.32 Å². The molecule has 0 radical (unpaired) electrons. The van der Waals surface area contributed by atoms with Crippen LogP contribution in [0.4, 0.5) is 0 Å². The largest absolute Gasteiger partial charge is 0.379 e. The number of hydrogen-bond donors (Lipinski definition) is 1. The Balaban J connectivity index is 2.85. The van der Waals surface area contributed by atoms with Gasteiger partial charge in [-0.05, 0) is 19.4 Å². The topological polar surface area (TPSA) is 39.7 Å². The van der Waals surface area contributed by atoms with Crippen LogP contribution in [0.1, 0.15) is 33.1 Å². The lowest BCUT2D eigenvalue weighted by atomic mass is 10.4. The molecule has 0 amide bonds. The molecular weight excluding hydrogens is 218 g/mol. The first-order valence-corrected chi connectivity index (χ1v) is 6.85. The van der Waals surface area contributed by atoms with Crippen molar-refractivity contribution >= 4 is 0 Å². The molecule has 0 aromatic heterocycles. The van der Waals surface area contributed by atoms with E-state index < -0.39 is 0 Å². The fraction of sp³-hybridized carbons (Fsp3) is 1.00. The van der Waals surface area contributed by atoms with Crippen LogP contribution in [0.3, 0.4) is 0 Å². The third kappa shape index (κ3) is 15.8. The maximum atomic E-state index is 5.40. The molecule has 0 rings (SSSR count). The Labute approximate surface area is 106 Å². The predicted octanol–water partition coefficient (Wildman–Crippen LogP) is 1.84. The van der Waals surface area contributed by atoms with Gasteiger partial charge >= 0.3 is 0 Å². The summed E-state index contributed by atoms with van der Waals surface area (Å²) in [5.41, 5.74) is 0. The van der Waals surface area contributed by atoms with Crippen LogP contribution in [0, 0.1) is 0 Å². The minimum absolute atomic E-state index is 0.658. The van der Waals surface area contributed by atoms with E-state index >= 15 is 0 Å². The van der Waals surface area contributed by atoms with Gasteiger partial charge in [-0.15, -0.1) is 0 Å². The summed E-state index contributed by atoms with van der Waals surface area (Å²) in [5.74, 6) is 0. The van der Waals surface area contributed by atoms with Crippen molar-refractivity contribution < 1.29 is 14.2 Å². The van der Waals surface area contributed by atoms with Gasteiger partial charge in [-0.3, -0.25) is 0 Å². The zero-order valence-corrected chi connectivity index (χ0v) is 11.5. The van der Waals surface area contributed by atoms with E-state index in [0.717, 1.165) is 32.7 Å². The van der Waals surface area contributed by atoms with Crippen LogP contribution in [-0.4, -0.2) is 52.7 Å². The molecule has 0 aliphatic carbocycles. The first-order valence-electron chi connectivity index (χ1n) is 6.85. The van der Waals surface area contributed by atoms with Crippen molar-refractivity contribution in [2.75, 3.05) is 52.7 Å². The highest BCUT2D eigenvalue weighted by molar-refractivity contribution is 4.43.